The van der Waals surface area contributed by atoms with Gasteiger partial charge in [0.2, 0.25) is 0 Å². The predicted molar refractivity (Wildman–Crippen MR) is 69.0 cm³/mol. The number of primary amides is 1. The Morgan fingerprint density at radius 2 is 1.67 bits per heavy atom. The number of pyridine rings is 1. The van der Waals surface area contributed by atoms with Gasteiger partial charge in [0.1, 0.15) is 0 Å². The smallest absolute Gasteiger partial charge is 0.332 e. The lowest BCUT2D eigenvalue weighted by Gasteiger charge is -2.06. The van der Waals surface area contributed by atoms with Crippen LogP contribution in [-0.2, 0) is 0 Å². The molecule has 2 amide bonds. The van der Waals surface area contributed by atoms with Crippen LogP contribution in [0.1, 0.15) is 11.1 Å². The molecular weight excluding hydrogens is 228 g/mol. The highest BCUT2D eigenvalue weighted by molar-refractivity contribution is 6.12. The number of amides is 2. The zero-order valence-corrected chi connectivity index (χ0v) is 9.58. The van der Waals surface area contributed by atoms with Gasteiger partial charge in [-0.15, -0.1) is 0 Å². The van der Waals surface area contributed by atoms with Crippen LogP contribution in [0.3, 0.4) is 0 Å². The number of hydrazone groups is 1. The fourth-order valence-corrected chi connectivity index (χ4v) is 1.51. The zero-order valence-electron chi connectivity index (χ0n) is 9.58. The Morgan fingerprint density at radius 1 is 1.06 bits per heavy atom. The summed E-state index contributed by atoms with van der Waals surface area (Å²) in [5.74, 6) is 0. The van der Waals surface area contributed by atoms with E-state index in [1.54, 1.807) is 12.4 Å². The van der Waals surface area contributed by atoms with Gasteiger partial charge in [-0.25, -0.2) is 10.2 Å². The molecule has 2 rings (SSSR count). The summed E-state index contributed by atoms with van der Waals surface area (Å²) in [6.45, 7) is 0. The standard InChI is InChI=1S/C13H12N4O/c14-13(18)17-16-12(10-4-2-1-3-5-10)11-6-8-15-9-7-11/h1-9H,(H3,14,17,18)/b16-12+. The summed E-state index contributed by atoms with van der Waals surface area (Å²) in [6.07, 6.45) is 3.33. The molecule has 5 heteroatoms. The largest absolute Gasteiger partial charge is 0.350 e. The molecule has 0 atom stereocenters. The molecule has 0 spiro atoms. The van der Waals surface area contributed by atoms with E-state index in [-0.39, 0.29) is 0 Å². The minimum atomic E-state index is -0.697. The van der Waals surface area contributed by atoms with Gasteiger partial charge in [-0.3, -0.25) is 4.98 Å². The van der Waals surface area contributed by atoms with Crippen molar-refractivity contribution in [3.63, 3.8) is 0 Å². The van der Waals surface area contributed by atoms with Crippen molar-refractivity contribution in [3.8, 4) is 0 Å². The first-order chi connectivity index (χ1) is 8.77. The van der Waals surface area contributed by atoms with Gasteiger partial charge < -0.3 is 5.73 Å². The SMILES string of the molecule is NC(=O)N/N=C(\c1ccccc1)c1ccncc1. The first-order valence-electron chi connectivity index (χ1n) is 5.36. The Hall–Kier alpha value is -2.69. The van der Waals surface area contributed by atoms with Crippen LogP contribution >= 0.6 is 0 Å². The average molecular weight is 240 g/mol. The zero-order chi connectivity index (χ0) is 12.8. The van der Waals surface area contributed by atoms with E-state index in [0.29, 0.717) is 5.71 Å². The molecule has 1 heterocycles. The fraction of sp³-hybridized carbons (Fsp3) is 0. The Labute approximate surface area is 104 Å². The summed E-state index contributed by atoms with van der Waals surface area (Å²) in [6, 6.07) is 12.5. The summed E-state index contributed by atoms with van der Waals surface area (Å²) < 4.78 is 0. The number of hydrogen-bond donors (Lipinski definition) is 2. The maximum absolute atomic E-state index is 10.8. The first-order valence-corrected chi connectivity index (χ1v) is 5.36. The van der Waals surface area contributed by atoms with E-state index in [9.17, 15) is 4.79 Å². The lowest BCUT2D eigenvalue weighted by Crippen LogP contribution is -2.26. The topological polar surface area (TPSA) is 80.4 Å². The molecule has 3 N–H and O–H groups in total. The van der Waals surface area contributed by atoms with Crippen LogP contribution in [0.4, 0.5) is 4.79 Å². The minimum absolute atomic E-state index is 0.636. The number of nitrogens with one attached hydrogen (secondary N) is 1. The van der Waals surface area contributed by atoms with E-state index >= 15 is 0 Å². The summed E-state index contributed by atoms with van der Waals surface area (Å²) in [5.41, 5.74) is 9.65. The molecule has 0 aliphatic rings. The molecule has 0 radical (unpaired) electrons. The van der Waals surface area contributed by atoms with E-state index in [4.69, 9.17) is 5.73 Å². The maximum Gasteiger partial charge on any atom is 0.332 e. The van der Waals surface area contributed by atoms with Crippen LogP contribution in [0, 0.1) is 0 Å². The number of hydrogen-bond acceptors (Lipinski definition) is 3. The number of aromatic nitrogens is 1. The highest BCUT2D eigenvalue weighted by atomic mass is 16.2. The van der Waals surface area contributed by atoms with Gasteiger partial charge in [-0.1, -0.05) is 30.3 Å². The third-order valence-corrected chi connectivity index (χ3v) is 2.28. The number of urea groups is 1. The molecule has 1 aromatic heterocycles. The maximum atomic E-state index is 10.8. The van der Waals surface area contributed by atoms with E-state index in [1.807, 2.05) is 42.5 Å². The molecular formula is C13H12N4O. The van der Waals surface area contributed by atoms with Crippen molar-refractivity contribution in [2.75, 3.05) is 0 Å². The lowest BCUT2D eigenvalue weighted by atomic mass is 10.0. The second kappa shape index (κ2) is 5.58. The summed E-state index contributed by atoms with van der Waals surface area (Å²) in [7, 11) is 0. The van der Waals surface area contributed by atoms with Crippen LogP contribution in [0.2, 0.25) is 0 Å². The number of carbonyl (C=O) groups excluding carboxylic acids is 1. The number of carbonyl (C=O) groups is 1. The van der Waals surface area contributed by atoms with Gasteiger partial charge in [0.15, 0.2) is 0 Å². The number of benzene rings is 1. The molecule has 0 saturated heterocycles. The molecule has 5 nitrogen and oxygen atoms in total. The second-order valence-corrected chi connectivity index (χ2v) is 3.54. The normalized spacial score (nSPS) is 11.0. The third kappa shape index (κ3) is 2.91. The van der Waals surface area contributed by atoms with Crippen LogP contribution < -0.4 is 11.2 Å². The van der Waals surface area contributed by atoms with Crippen LogP contribution in [0.5, 0.6) is 0 Å². The Bertz CT molecular complexity index is 510. The van der Waals surface area contributed by atoms with Crippen molar-refractivity contribution in [1.29, 1.82) is 0 Å². The van der Waals surface area contributed by atoms with E-state index in [2.05, 4.69) is 15.5 Å². The summed E-state index contributed by atoms with van der Waals surface area (Å²) in [5, 5.41) is 4.03. The van der Waals surface area contributed by atoms with Gasteiger partial charge in [0, 0.05) is 23.5 Å². The monoisotopic (exact) mass is 240 g/mol. The Morgan fingerprint density at radius 3 is 2.28 bits per heavy atom. The quantitative estimate of drug-likeness (QED) is 0.629. The predicted octanol–water partition coefficient (Wildman–Crippen LogP) is 1.50. The van der Waals surface area contributed by atoms with Gasteiger partial charge in [-0.05, 0) is 12.1 Å². The number of nitrogens with zero attached hydrogens (tertiary/aromatic N) is 2. The molecule has 0 fully saturated rings. The molecule has 18 heavy (non-hydrogen) atoms. The fourth-order valence-electron chi connectivity index (χ4n) is 1.51. The van der Waals surface area contributed by atoms with Crippen LogP contribution in [-0.4, -0.2) is 16.7 Å². The van der Waals surface area contributed by atoms with Gasteiger partial charge in [0.05, 0.1) is 5.71 Å². The molecule has 90 valence electrons. The van der Waals surface area contributed by atoms with Crippen molar-refractivity contribution < 1.29 is 4.79 Å². The van der Waals surface area contributed by atoms with Gasteiger partial charge >= 0.3 is 6.03 Å². The van der Waals surface area contributed by atoms with Crippen molar-refractivity contribution in [2.24, 2.45) is 10.8 Å². The number of rotatable bonds is 3. The van der Waals surface area contributed by atoms with Crippen LogP contribution in [0.15, 0.2) is 60.0 Å². The van der Waals surface area contributed by atoms with Crippen molar-refractivity contribution in [2.45, 2.75) is 0 Å². The summed E-state index contributed by atoms with van der Waals surface area (Å²) >= 11 is 0. The average Bonchev–Trinajstić information content (AvgIpc) is 2.41. The van der Waals surface area contributed by atoms with Crippen molar-refractivity contribution >= 4 is 11.7 Å². The van der Waals surface area contributed by atoms with Gasteiger partial charge in [-0.2, -0.15) is 5.10 Å². The first kappa shape index (κ1) is 11.8. The van der Waals surface area contributed by atoms with E-state index in [0.717, 1.165) is 11.1 Å². The second-order valence-electron chi connectivity index (χ2n) is 3.54. The molecule has 1 aromatic carbocycles. The third-order valence-electron chi connectivity index (χ3n) is 2.28. The van der Waals surface area contributed by atoms with Gasteiger partial charge in [0.25, 0.3) is 0 Å². The highest BCUT2D eigenvalue weighted by Gasteiger charge is 2.06. The molecule has 0 aliphatic heterocycles. The van der Waals surface area contributed by atoms with E-state index in [1.165, 1.54) is 0 Å². The lowest BCUT2D eigenvalue weighted by molar-refractivity contribution is 0.249. The summed E-state index contributed by atoms with van der Waals surface area (Å²) in [4.78, 5) is 14.7. The van der Waals surface area contributed by atoms with E-state index < -0.39 is 6.03 Å². The minimum Gasteiger partial charge on any atom is -0.350 e. The highest BCUT2D eigenvalue weighted by Crippen LogP contribution is 2.09. The van der Waals surface area contributed by atoms with Crippen LogP contribution in [0.25, 0.3) is 0 Å². The molecule has 0 bridgehead atoms. The van der Waals surface area contributed by atoms with Crippen molar-refractivity contribution in [1.82, 2.24) is 10.4 Å². The molecule has 2 aromatic rings. The molecule has 0 saturated carbocycles. The molecule has 0 unspecified atom stereocenters. The number of nitrogens with two attached hydrogens (primary N) is 1. The molecule has 0 aliphatic carbocycles. The Kier molecular flexibility index (Phi) is 3.66. The van der Waals surface area contributed by atoms with Crippen molar-refractivity contribution in [3.05, 3.63) is 66.0 Å². The Balaban J connectivity index is 2.42.